The Labute approximate surface area is 97.1 Å². The summed E-state index contributed by atoms with van der Waals surface area (Å²) in [5.74, 6) is 0. The van der Waals surface area contributed by atoms with Gasteiger partial charge in [0.25, 0.3) is 0 Å². The molecule has 4 heteroatoms. The molecule has 15 heavy (non-hydrogen) atoms. The maximum Gasteiger partial charge on any atom is 0.125 e. The van der Waals surface area contributed by atoms with Gasteiger partial charge in [-0.2, -0.15) is 5.10 Å². The van der Waals surface area contributed by atoms with Crippen LogP contribution < -0.4 is 0 Å². The van der Waals surface area contributed by atoms with Crippen molar-refractivity contribution in [3.05, 3.63) is 34.1 Å². The summed E-state index contributed by atoms with van der Waals surface area (Å²) in [5, 5.41) is 7.27. The number of H-pyrrole nitrogens is 1. The molecule has 3 nitrogen and oxygen atoms in total. The van der Waals surface area contributed by atoms with Gasteiger partial charge in [-0.1, -0.05) is 13.0 Å². The molecule has 0 fully saturated rings. The van der Waals surface area contributed by atoms with E-state index in [4.69, 9.17) is 0 Å². The third kappa shape index (κ3) is 1.95. The van der Waals surface area contributed by atoms with E-state index in [1.54, 1.807) is 0 Å². The topological polar surface area (TPSA) is 41.6 Å². The quantitative estimate of drug-likeness (QED) is 0.907. The number of rotatable bonds is 2. The molecule has 0 spiro atoms. The molecule has 0 aromatic carbocycles. The van der Waals surface area contributed by atoms with Gasteiger partial charge in [-0.05, 0) is 41.4 Å². The number of nitrogens with zero attached hydrogens (tertiary/aromatic N) is 2. The van der Waals surface area contributed by atoms with Crippen LogP contribution in [0.5, 0.6) is 0 Å². The summed E-state index contributed by atoms with van der Waals surface area (Å²) in [5.41, 5.74) is 3.89. The van der Waals surface area contributed by atoms with Crippen molar-refractivity contribution in [1.82, 2.24) is 15.2 Å². The van der Waals surface area contributed by atoms with E-state index >= 15 is 0 Å². The van der Waals surface area contributed by atoms with Gasteiger partial charge in [-0.3, -0.25) is 10.1 Å². The van der Waals surface area contributed by atoms with Gasteiger partial charge in [0.2, 0.25) is 0 Å². The highest BCUT2D eigenvalue weighted by molar-refractivity contribution is 9.10. The smallest absolute Gasteiger partial charge is 0.125 e. The van der Waals surface area contributed by atoms with E-state index in [1.807, 2.05) is 25.1 Å². The third-order valence-electron chi connectivity index (χ3n) is 2.26. The summed E-state index contributed by atoms with van der Waals surface area (Å²) in [6.45, 7) is 4.07. The number of pyridine rings is 1. The maximum atomic E-state index is 4.44. The van der Waals surface area contributed by atoms with Gasteiger partial charge in [-0.15, -0.1) is 0 Å². The Morgan fingerprint density at radius 2 is 2.20 bits per heavy atom. The molecule has 1 N–H and O–H groups in total. The molecule has 0 aliphatic carbocycles. The molecule has 0 atom stereocenters. The highest BCUT2D eigenvalue weighted by atomic mass is 79.9. The van der Waals surface area contributed by atoms with Crippen LogP contribution in [0.4, 0.5) is 0 Å². The molecule has 2 heterocycles. The van der Waals surface area contributed by atoms with Gasteiger partial charge in [0.1, 0.15) is 5.69 Å². The van der Waals surface area contributed by atoms with E-state index in [9.17, 15) is 0 Å². The molecule has 0 saturated carbocycles. The molecular formula is C11H12BrN3. The Morgan fingerprint density at radius 1 is 1.40 bits per heavy atom. The Kier molecular flexibility index (Phi) is 2.86. The fourth-order valence-corrected chi connectivity index (χ4v) is 2.10. The lowest BCUT2D eigenvalue weighted by atomic mass is 10.2. The second-order valence-corrected chi connectivity index (χ2v) is 4.18. The standard InChI is InChI=1S/C11H12BrN3/c1-3-8-10(12)11(15-14-8)9-6-4-5-7(2)13-9/h4-6H,3H2,1-2H3,(H,14,15). The molecule has 78 valence electrons. The van der Waals surface area contributed by atoms with Gasteiger partial charge in [0.05, 0.1) is 10.2 Å². The fraction of sp³-hybridized carbons (Fsp3) is 0.273. The third-order valence-corrected chi connectivity index (χ3v) is 3.11. The van der Waals surface area contributed by atoms with Crippen LogP contribution in [0.3, 0.4) is 0 Å². The number of aromatic amines is 1. The fourth-order valence-electron chi connectivity index (χ4n) is 1.44. The minimum atomic E-state index is 0.885. The van der Waals surface area contributed by atoms with Crippen molar-refractivity contribution in [3.8, 4) is 11.4 Å². The number of nitrogens with one attached hydrogen (secondary N) is 1. The first-order valence-electron chi connectivity index (χ1n) is 4.89. The molecule has 0 amide bonds. The Hall–Kier alpha value is -1.16. The van der Waals surface area contributed by atoms with Gasteiger partial charge in [-0.25, -0.2) is 0 Å². The van der Waals surface area contributed by atoms with E-state index in [0.29, 0.717) is 0 Å². The second kappa shape index (κ2) is 4.14. The zero-order valence-corrected chi connectivity index (χ0v) is 10.3. The number of hydrogen-bond donors (Lipinski definition) is 1. The number of hydrogen-bond acceptors (Lipinski definition) is 2. The normalized spacial score (nSPS) is 10.6. The molecule has 0 saturated heterocycles. The monoisotopic (exact) mass is 265 g/mol. The lowest BCUT2D eigenvalue weighted by molar-refractivity contribution is 0.971. The van der Waals surface area contributed by atoms with Gasteiger partial charge >= 0.3 is 0 Å². The molecule has 2 aromatic heterocycles. The van der Waals surface area contributed by atoms with Crippen LogP contribution >= 0.6 is 15.9 Å². The Bertz CT molecular complexity index is 476. The van der Waals surface area contributed by atoms with Crippen LogP contribution in [0.1, 0.15) is 18.3 Å². The van der Waals surface area contributed by atoms with Gasteiger partial charge in [0, 0.05) is 11.4 Å². The SMILES string of the molecule is CCc1[nH]nc(-c2cccc(C)n2)c1Br. The molecule has 0 aliphatic heterocycles. The average molecular weight is 266 g/mol. The first-order valence-corrected chi connectivity index (χ1v) is 5.68. The summed E-state index contributed by atoms with van der Waals surface area (Å²) in [7, 11) is 0. The van der Waals surface area contributed by atoms with Crippen molar-refractivity contribution in [2.45, 2.75) is 20.3 Å². The van der Waals surface area contributed by atoms with E-state index in [2.05, 4.69) is 38.0 Å². The minimum absolute atomic E-state index is 0.885. The zero-order valence-electron chi connectivity index (χ0n) is 8.71. The summed E-state index contributed by atoms with van der Waals surface area (Å²) in [4.78, 5) is 4.44. The van der Waals surface area contributed by atoms with Crippen molar-refractivity contribution in [2.24, 2.45) is 0 Å². The molecule has 0 bridgehead atoms. The van der Waals surface area contributed by atoms with Crippen molar-refractivity contribution < 1.29 is 0 Å². The Morgan fingerprint density at radius 3 is 2.80 bits per heavy atom. The average Bonchev–Trinajstić information content (AvgIpc) is 2.59. The Balaban J connectivity index is 2.49. The molecular weight excluding hydrogens is 254 g/mol. The first kappa shape index (κ1) is 10.4. The highest BCUT2D eigenvalue weighted by Gasteiger charge is 2.11. The first-order chi connectivity index (χ1) is 7.22. The van der Waals surface area contributed by atoms with Crippen LogP contribution in [0.15, 0.2) is 22.7 Å². The molecule has 2 rings (SSSR count). The summed E-state index contributed by atoms with van der Waals surface area (Å²) < 4.78 is 1.02. The lowest BCUT2D eigenvalue weighted by Gasteiger charge is -1.98. The molecule has 0 unspecified atom stereocenters. The number of aryl methyl sites for hydroxylation is 2. The van der Waals surface area contributed by atoms with Crippen molar-refractivity contribution in [2.75, 3.05) is 0 Å². The van der Waals surface area contributed by atoms with Crippen molar-refractivity contribution in [3.63, 3.8) is 0 Å². The second-order valence-electron chi connectivity index (χ2n) is 3.38. The van der Waals surface area contributed by atoms with Crippen molar-refractivity contribution >= 4 is 15.9 Å². The highest BCUT2D eigenvalue weighted by Crippen LogP contribution is 2.27. The lowest BCUT2D eigenvalue weighted by Crippen LogP contribution is -1.86. The van der Waals surface area contributed by atoms with Crippen LogP contribution in [0.25, 0.3) is 11.4 Å². The van der Waals surface area contributed by atoms with Crippen LogP contribution in [0, 0.1) is 6.92 Å². The van der Waals surface area contributed by atoms with Crippen LogP contribution in [-0.2, 0) is 6.42 Å². The predicted molar refractivity (Wildman–Crippen MR) is 63.6 cm³/mol. The van der Waals surface area contributed by atoms with Gasteiger partial charge in [0.15, 0.2) is 0 Å². The van der Waals surface area contributed by atoms with Crippen LogP contribution in [-0.4, -0.2) is 15.2 Å². The van der Waals surface area contributed by atoms with E-state index in [-0.39, 0.29) is 0 Å². The van der Waals surface area contributed by atoms with E-state index in [1.165, 1.54) is 0 Å². The molecule has 0 aliphatic rings. The summed E-state index contributed by atoms with van der Waals surface area (Å²) >= 11 is 3.54. The van der Waals surface area contributed by atoms with Crippen molar-refractivity contribution in [1.29, 1.82) is 0 Å². The van der Waals surface area contributed by atoms with Gasteiger partial charge < -0.3 is 0 Å². The minimum Gasteiger partial charge on any atom is -0.281 e. The van der Waals surface area contributed by atoms with E-state index < -0.39 is 0 Å². The number of aromatic nitrogens is 3. The molecule has 2 aromatic rings. The van der Waals surface area contributed by atoms with E-state index in [0.717, 1.165) is 33.7 Å². The maximum absolute atomic E-state index is 4.44. The zero-order chi connectivity index (χ0) is 10.8. The molecule has 0 radical (unpaired) electrons. The van der Waals surface area contributed by atoms with Crippen LogP contribution in [0.2, 0.25) is 0 Å². The summed E-state index contributed by atoms with van der Waals surface area (Å²) in [6.07, 6.45) is 0.930. The summed E-state index contributed by atoms with van der Waals surface area (Å²) in [6, 6.07) is 5.93. The largest absolute Gasteiger partial charge is 0.281 e. The predicted octanol–water partition coefficient (Wildman–Crippen LogP) is 3.11. The number of halogens is 1.